The van der Waals surface area contributed by atoms with Gasteiger partial charge in [0.15, 0.2) is 0 Å². The first-order valence-corrected chi connectivity index (χ1v) is 6.00. The standard InChI is InChI=1S/C12H22N2O3/c1-8(11(17)13-12(2,3)4)14(7-10(15)16)9-5-6-9/h8-9H,5-7H2,1-4H3,(H,13,17)(H,15,16). The molecule has 5 nitrogen and oxygen atoms in total. The highest BCUT2D eigenvalue weighted by Crippen LogP contribution is 2.28. The maximum absolute atomic E-state index is 12.0. The minimum Gasteiger partial charge on any atom is -0.480 e. The monoisotopic (exact) mass is 242 g/mol. The molecule has 17 heavy (non-hydrogen) atoms. The Bertz CT molecular complexity index is 305. The minimum absolute atomic E-state index is 0.0661. The molecule has 1 rings (SSSR count). The number of carboxylic acid groups (broad SMARTS) is 1. The Kier molecular flexibility index (Phi) is 4.14. The fourth-order valence-corrected chi connectivity index (χ4v) is 1.77. The van der Waals surface area contributed by atoms with E-state index in [1.807, 2.05) is 20.8 Å². The quantitative estimate of drug-likeness (QED) is 0.749. The summed E-state index contributed by atoms with van der Waals surface area (Å²) in [5, 5.41) is 11.7. The number of rotatable bonds is 5. The number of carbonyl (C=O) groups excluding carboxylic acids is 1. The van der Waals surface area contributed by atoms with E-state index in [2.05, 4.69) is 5.32 Å². The highest BCUT2D eigenvalue weighted by atomic mass is 16.4. The summed E-state index contributed by atoms with van der Waals surface area (Å²) in [7, 11) is 0. The molecule has 5 heteroatoms. The third-order valence-electron chi connectivity index (χ3n) is 2.71. The molecule has 1 amide bonds. The van der Waals surface area contributed by atoms with Crippen molar-refractivity contribution in [3.63, 3.8) is 0 Å². The third-order valence-corrected chi connectivity index (χ3v) is 2.71. The number of amides is 1. The summed E-state index contributed by atoms with van der Waals surface area (Å²) in [5.41, 5.74) is -0.288. The van der Waals surface area contributed by atoms with E-state index in [0.717, 1.165) is 12.8 Å². The van der Waals surface area contributed by atoms with Gasteiger partial charge in [-0.15, -0.1) is 0 Å². The van der Waals surface area contributed by atoms with E-state index in [-0.39, 0.29) is 24.0 Å². The normalized spacial score (nSPS) is 17.9. The molecule has 1 saturated carbocycles. The van der Waals surface area contributed by atoms with Crippen LogP contribution in [-0.4, -0.2) is 46.1 Å². The summed E-state index contributed by atoms with van der Waals surface area (Å²) in [4.78, 5) is 24.5. The molecule has 1 aliphatic rings. The average Bonchev–Trinajstić information content (AvgIpc) is 2.93. The summed E-state index contributed by atoms with van der Waals surface area (Å²) in [5.74, 6) is -0.988. The maximum Gasteiger partial charge on any atom is 0.317 e. The van der Waals surface area contributed by atoms with Crippen LogP contribution in [0.1, 0.15) is 40.5 Å². The molecule has 1 aliphatic carbocycles. The van der Waals surface area contributed by atoms with Crippen LogP contribution in [0.3, 0.4) is 0 Å². The second kappa shape index (κ2) is 5.04. The molecule has 0 aromatic heterocycles. The molecule has 1 atom stereocenters. The number of hydrogen-bond acceptors (Lipinski definition) is 3. The SMILES string of the molecule is CC(C(=O)NC(C)(C)C)N(CC(=O)O)C1CC1. The molecule has 1 unspecified atom stereocenters. The van der Waals surface area contributed by atoms with E-state index in [4.69, 9.17) is 5.11 Å². The van der Waals surface area contributed by atoms with Crippen molar-refractivity contribution in [3.8, 4) is 0 Å². The fourth-order valence-electron chi connectivity index (χ4n) is 1.77. The smallest absolute Gasteiger partial charge is 0.317 e. The summed E-state index contributed by atoms with van der Waals surface area (Å²) in [6.07, 6.45) is 1.97. The summed E-state index contributed by atoms with van der Waals surface area (Å²) in [6.45, 7) is 7.44. The Morgan fingerprint density at radius 1 is 1.41 bits per heavy atom. The number of hydrogen-bond donors (Lipinski definition) is 2. The van der Waals surface area contributed by atoms with Gasteiger partial charge in [0.1, 0.15) is 0 Å². The average molecular weight is 242 g/mol. The maximum atomic E-state index is 12.0. The lowest BCUT2D eigenvalue weighted by atomic mass is 10.1. The molecule has 2 N–H and O–H groups in total. The molecular formula is C12H22N2O3. The van der Waals surface area contributed by atoms with Crippen molar-refractivity contribution in [1.82, 2.24) is 10.2 Å². The van der Waals surface area contributed by atoms with Crippen molar-refractivity contribution in [2.24, 2.45) is 0 Å². The van der Waals surface area contributed by atoms with Gasteiger partial charge in [-0.25, -0.2) is 0 Å². The lowest BCUT2D eigenvalue weighted by Gasteiger charge is -2.30. The topological polar surface area (TPSA) is 69.6 Å². The van der Waals surface area contributed by atoms with Gasteiger partial charge in [-0.3, -0.25) is 14.5 Å². The highest BCUT2D eigenvalue weighted by molar-refractivity contribution is 5.82. The van der Waals surface area contributed by atoms with Crippen molar-refractivity contribution in [2.45, 2.75) is 58.2 Å². The third kappa shape index (κ3) is 4.73. The molecule has 0 aliphatic heterocycles. The van der Waals surface area contributed by atoms with Crippen LogP contribution < -0.4 is 5.32 Å². The number of carboxylic acids is 1. The lowest BCUT2D eigenvalue weighted by Crippen LogP contribution is -2.52. The summed E-state index contributed by atoms with van der Waals surface area (Å²) in [6, 6.07) is -0.135. The number of nitrogens with one attached hydrogen (secondary N) is 1. The molecule has 0 aromatic rings. The van der Waals surface area contributed by atoms with Crippen LogP contribution >= 0.6 is 0 Å². The van der Waals surface area contributed by atoms with Crippen molar-refractivity contribution in [1.29, 1.82) is 0 Å². The van der Waals surface area contributed by atoms with Gasteiger partial charge in [0, 0.05) is 11.6 Å². The molecule has 0 bridgehead atoms. The minimum atomic E-state index is -0.882. The van der Waals surface area contributed by atoms with Crippen LogP contribution in [0.25, 0.3) is 0 Å². The van der Waals surface area contributed by atoms with Gasteiger partial charge in [-0.1, -0.05) is 0 Å². The molecule has 0 aromatic carbocycles. The zero-order valence-electron chi connectivity index (χ0n) is 11.0. The second-order valence-corrected chi connectivity index (χ2v) is 5.71. The molecule has 1 fully saturated rings. The first-order valence-electron chi connectivity index (χ1n) is 6.00. The first kappa shape index (κ1) is 14.0. The molecule has 0 spiro atoms. The van der Waals surface area contributed by atoms with Gasteiger partial charge >= 0.3 is 5.97 Å². The van der Waals surface area contributed by atoms with Gasteiger partial charge < -0.3 is 10.4 Å². The van der Waals surface area contributed by atoms with Crippen LogP contribution in [0.15, 0.2) is 0 Å². The molecule has 0 radical (unpaired) electrons. The van der Waals surface area contributed by atoms with Gasteiger partial charge in [0.05, 0.1) is 12.6 Å². The largest absolute Gasteiger partial charge is 0.480 e. The van der Waals surface area contributed by atoms with E-state index in [1.165, 1.54) is 0 Å². The molecular weight excluding hydrogens is 220 g/mol. The fraction of sp³-hybridized carbons (Fsp3) is 0.833. The zero-order valence-corrected chi connectivity index (χ0v) is 11.0. The highest BCUT2D eigenvalue weighted by Gasteiger charge is 2.36. The first-order chi connectivity index (χ1) is 7.70. The van der Waals surface area contributed by atoms with Crippen LogP contribution in [0.2, 0.25) is 0 Å². The van der Waals surface area contributed by atoms with Crippen LogP contribution in [-0.2, 0) is 9.59 Å². The van der Waals surface area contributed by atoms with Gasteiger partial charge in [0.2, 0.25) is 5.91 Å². The molecule has 98 valence electrons. The number of aliphatic carboxylic acids is 1. The van der Waals surface area contributed by atoms with Gasteiger partial charge in [-0.05, 0) is 40.5 Å². The van der Waals surface area contributed by atoms with Crippen molar-refractivity contribution in [2.75, 3.05) is 6.54 Å². The van der Waals surface area contributed by atoms with E-state index < -0.39 is 12.0 Å². The summed E-state index contributed by atoms with van der Waals surface area (Å²) < 4.78 is 0. The Morgan fingerprint density at radius 3 is 2.29 bits per heavy atom. The zero-order chi connectivity index (χ0) is 13.2. The van der Waals surface area contributed by atoms with Crippen LogP contribution in [0, 0.1) is 0 Å². The van der Waals surface area contributed by atoms with Crippen LogP contribution in [0.4, 0.5) is 0 Å². The lowest BCUT2D eigenvalue weighted by molar-refractivity contribution is -0.140. The Hall–Kier alpha value is -1.10. The van der Waals surface area contributed by atoms with Gasteiger partial charge in [0.25, 0.3) is 0 Å². The van der Waals surface area contributed by atoms with Crippen LogP contribution in [0.5, 0.6) is 0 Å². The Morgan fingerprint density at radius 2 is 1.94 bits per heavy atom. The van der Waals surface area contributed by atoms with E-state index in [0.29, 0.717) is 0 Å². The van der Waals surface area contributed by atoms with E-state index >= 15 is 0 Å². The van der Waals surface area contributed by atoms with Gasteiger partial charge in [-0.2, -0.15) is 0 Å². The van der Waals surface area contributed by atoms with Crippen molar-refractivity contribution < 1.29 is 14.7 Å². The second-order valence-electron chi connectivity index (χ2n) is 5.71. The van der Waals surface area contributed by atoms with E-state index in [9.17, 15) is 9.59 Å². The molecule has 0 saturated heterocycles. The van der Waals surface area contributed by atoms with Crippen molar-refractivity contribution >= 4 is 11.9 Å². The predicted molar refractivity (Wildman–Crippen MR) is 64.7 cm³/mol. The Labute approximate surface area is 102 Å². The predicted octanol–water partition coefficient (Wildman–Crippen LogP) is 0.839. The molecule has 0 heterocycles. The number of nitrogens with zero attached hydrogens (tertiary/aromatic N) is 1. The van der Waals surface area contributed by atoms with E-state index in [1.54, 1.807) is 11.8 Å². The number of carbonyl (C=O) groups is 2. The van der Waals surface area contributed by atoms with Crippen molar-refractivity contribution in [3.05, 3.63) is 0 Å². The Balaban J connectivity index is 2.60. The summed E-state index contributed by atoms with van der Waals surface area (Å²) >= 11 is 0.